The van der Waals surface area contributed by atoms with Gasteiger partial charge in [0.2, 0.25) is 0 Å². The summed E-state index contributed by atoms with van der Waals surface area (Å²) in [5, 5.41) is 4.85. The van der Waals surface area contributed by atoms with Gasteiger partial charge in [-0.25, -0.2) is 14.6 Å². The number of esters is 2. The van der Waals surface area contributed by atoms with Crippen molar-refractivity contribution in [3.8, 4) is 0 Å². The van der Waals surface area contributed by atoms with Crippen LogP contribution in [0.3, 0.4) is 0 Å². The predicted octanol–water partition coefficient (Wildman–Crippen LogP) is 3.81. The van der Waals surface area contributed by atoms with Gasteiger partial charge in [-0.1, -0.05) is 36.4 Å². The first kappa shape index (κ1) is 18.4. The fourth-order valence-electron chi connectivity index (χ4n) is 2.76. The van der Waals surface area contributed by atoms with E-state index in [0.29, 0.717) is 0 Å². The number of nitrogens with zero attached hydrogens (tertiary/aromatic N) is 1. The smallest absolute Gasteiger partial charge is 0.347 e. The van der Waals surface area contributed by atoms with Gasteiger partial charge in [0, 0.05) is 17.0 Å². The van der Waals surface area contributed by atoms with Crippen LogP contribution in [-0.4, -0.2) is 30.1 Å². The van der Waals surface area contributed by atoms with Gasteiger partial charge in [-0.3, -0.25) is 0 Å². The number of carbonyl (C=O) groups is 2. The molecule has 0 fully saturated rings. The molecule has 3 aromatic rings. The number of carbonyl (C=O) groups excluding carboxylic acids is 2. The molecule has 0 atom stereocenters. The van der Waals surface area contributed by atoms with E-state index >= 15 is 0 Å². The molecule has 0 saturated heterocycles. The van der Waals surface area contributed by atoms with E-state index < -0.39 is 11.9 Å². The van der Waals surface area contributed by atoms with Gasteiger partial charge in [-0.2, -0.15) is 0 Å². The van der Waals surface area contributed by atoms with E-state index in [2.05, 4.69) is 10.3 Å². The fraction of sp³-hybridized carbons (Fsp3) is 0.190. The van der Waals surface area contributed by atoms with Gasteiger partial charge >= 0.3 is 11.9 Å². The van der Waals surface area contributed by atoms with Crippen molar-refractivity contribution in [2.75, 3.05) is 18.5 Å². The van der Waals surface area contributed by atoms with Crippen molar-refractivity contribution in [3.63, 3.8) is 0 Å². The summed E-state index contributed by atoms with van der Waals surface area (Å²) in [4.78, 5) is 29.0. The second kappa shape index (κ2) is 8.31. The van der Waals surface area contributed by atoms with Crippen molar-refractivity contribution >= 4 is 39.4 Å². The molecule has 3 rings (SSSR count). The summed E-state index contributed by atoms with van der Waals surface area (Å²) in [6.07, 6.45) is 1.34. The minimum atomic E-state index is -0.730. The molecule has 0 saturated carbocycles. The highest BCUT2D eigenvalue weighted by atomic mass is 16.6. The minimum absolute atomic E-state index is 0.163. The van der Waals surface area contributed by atoms with Crippen LogP contribution in [0.1, 0.15) is 13.8 Å². The molecule has 0 aliphatic heterocycles. The van der Waals surface area contributed by atoms with Crippen molar-refractivity contribution in [1.29, 1.82) is 0 Å². The Morgan fingerprint density at radius 1 is 0.889 bits per heavy atom. The Labute approximate surface area is 156 Å². The van der Waals surface area contributed by atoms with E-state index in [9.17, 15) is 9.59 Å². The maximum Gasteiger partial charge on any atom is 0.347 e. The molecule has 6 heteroatoms. The highest BCUT2D eigenvalue weighted by Gasteiger charge is 2.21. The van der Waals surface area contributed by atoms with Crippen molar-refractivity contribution in [3.05, 3.63) is 60.3 Å². The van der Waals surface area contributed by atoms with E-state index in [1.54, 1.807) is 13.8 Å². The normalized spacial score (nSPS) is 10.4. The maximum absolute atomic E-state index is 12.2. The van der Waals surface area contributed by atoms with Gasteiger partial charge in [-0.15, -0.1) is 0 Å². The van der Waals surface area contributed by atoms with Gasteiger partial charge in [0.05, 0.1) is 29.9 Å². The highest BCUT2D eigenvalue weighted by molar-refractivity contribution is 6.15. The van der Waals surface area contributed by atoms with Gasteiger partial charge in [0.15, 0.2) is 5.57 Å². The first-order valence-corrected chi connectivity index (χ1v) is 8.74. The third-order valence-corrected chi connectivity index (χ3v) is 3.94. The Balaban J connectivity index is 2.11. The number of rotatable bonds is 6. The fourth-order valence-corrected chi connectivity index (χ4v) is 2.76. The lowest BCUT2D eigenvalue weighted by Gasteiger charge is -2.12. The number of aromatic nitrogens is 1. The summed E-state index contributed by atoms with van der Waals surface area (Å²) in [6.45, 7) is 3.68. The van der Waals surface area contributed by atoms with Crippen LogP contribution in [0.2, 0.25) is 0 Å². The second-order valence-electron chi connectivity index (χ2n) is 5.66. The molecule has 1 heterocycles. The highest BCUT2D eigenvalue weighted by Crippen LogP contribution is 2.30. The van der Waals surface area contributed by atoms with Crippen LogP contribution >= 0.6 is 0 Å². The number of ether oxygens (including phenoxy) is 2. The van der Waals surface area contributed by atoms with Gasteiger partial charge in [0.1, 0.15) is 0 Å². The van der Waals surface area contributed by atoms with Crippen LogP contribution in [0.5, 0.6) is 0 Å². The Kier molecular flexibility index (Phi) is 5.66. The number of para-hydroxylation sites is 2. The molecule has 2 aromatic carbocycles. The van der Waals surface area contributed by atoms with Crippen LogP contribution in [0, 0.1) is 0 Å². The lowest BCUT2D eigenvalue weighted by molar-refractivity contribution is -0.146. The van der Waals surface area contributed by atoms with E-state index in [1.165, 1.54) is 6.20 Å². The SMILES string of the molecule is CCOC(=O)C(=CNc1c2ccccc2nc2ccccc12)C(=O)OCC. The number of hydrogen-bond donors (Lipinski definition) is 1. The Hall–Kier alpha value is -3.41. The lowest BCUT2D eigenvalue weighted by atomic mass is 10.1. The molecule has 0 radical (unpaired) electrons. The number of benzene rings is 2. The molecule has 1 aromatic heterocycles. The average molecular weight is 364 g/mol. The number of hydrogen-bond acceptors (Lipinski definition) is 6. The summed E-state index contributed by atoms with van der Waals surface area (Å²) in [5.74, 6) is -1.46. The van der Waals surface area contributed by atoms with Crippen LogP contribution in [0.15, 0.2) is 60.3 Å². The lowest BCUT2D eigenvalue weighted by Crippen LogP contribution is -2.19. The van der Waals surface area contributed by atoms with E-state index in [-0.39, 0.29) is 18.8 Å². The Morgan fingerprint density at radius 3 is 1.85 bits per heavy atom. The molecular weight excluding hydrogens is 344 g/mol. The first-order valence-electron chi connectivity index (χ1n) is 8.74. The number of pyridine rings is 1. The summed E-state index contributed by atoms with van der Waals surface area (Å²) in [6, 6.07) is 15.3. The molecule has 0 unspecified atom stereocenters. The topological polar surface area (TPSA) is 77.5 Å². The van der Waals surface area contributed by atoms with E-state index in [4.69, 9.17) is 9.47 Å². The van der Waals surface area contributed by atoms with Crippen molar-refractivity contribution in [2.24, 2.45) is 0 Å². The summed E-state index contributed by atoms with van der Waals surface area (Å²) >= 11 is 0. The summed E-state index contributed by atoms with van der Waals surface area (Å²) < 4.78 is 9.95. The van der Waals surface area contributed by atoms with E-state index in [0.717, 1.165) is 27.5 Å². The van der Waals surface area contributed by atoms with Crippen LogP contribution in [0.25, 0.3) is 21.8 Å². The molecule has 0 aliphatic carbocycles. The van der Waals surface area contributed by atoms with Crippen molar-refractivity contribution in [2.45, 2.75) is 13.8 Å². The molecule has 1 N–H and O–H groups in total. The average Bonchev–Trinajstić information content (AvgIpc) is 2.68. The standard InChI is InChI=1S/C21H20N2O4/c1-3-26-20(24)16(21(25)27-4-2)13-22-19-14-9-5-7-11-17(14)23-18-12-8-6-10-15(18)19/h5-13H,3-4H2,1-2H3,(H,22,23). The van der Waals surface area contributed by atoms with Gasteiger partial charge in [0.25, 0.3) is 0 Å². The van der Waals surface area contributed by atoms with Crippen LogP contribution in [-0.2, 0) is 19.1 Å². The molecule has 138 valence electrons. The van der Waals surface area contributed by atoms with Crippen LogP contribution in [0.4, 0.5) is 5.69 Å². The molecule has 0 bridgehead atoms. The van der Waals surface area contributed by atoms with E-state index in [1.807, 2.05) is 48.5 Å². The largest absolute Gasteiger partial charge is 0.462 e. The molecular formula is C21H20N2O4. The molecule has 0 amide bonds. The third kappa shape index (κ3) is 3.89. The second-order valence-corrected chi connectivity index (χ2v) is 5.66. The zero-order valence-electron chi connectivity index (χ0n) is 15.2. The molecule has 27 heavy (non-hydrogen) atoms. The van der Waals surface area contributed by atoms with Crippen molar-refractivity contribution in [1.82, 2.24) is 4.98 Å². The Bertz CT molecular complexity index is 953. The monoisotopic (exact) mass is 364 g/mol. The quantitative estimate of drug-likeness (QED) is 0.236. The predicted molar refractivity (Wildman–Crippen MR) is 104 cm³/mol. The van der Waals surface area contributed by atoms with Crippen molar-refractivity contribution < 1.29 is 19.1 Å². The molecule has 6 nitrogen and oxygen atoms in total. The van der Waals surface area contributed by atoms with Gasteiger partial charge in [-0.05, 0) is 26.0 Å². The minimum Gasteiger partial charge on any atom is -0.462 e. The van der Waals surface area contributed by atoms with Crippen LogP contribution < -0.4 is 5.32 Å². The maximum atomic E-state index is 12.2. The number of anilines is 1. The molecule has 0 aliphatic rings. The number of fused-ring (bicyclic) bond motifs is 2. The zero-order valence-corrected chi connectivity index (χ0v) is 15.2. The van der Waals surface area contributed by atoms with Gasteiger partial charge < -0.3 is 14.8 Å². The number of nitrogens with one attached hydrogen (secondary N) is 1. The zero-order chi connectivity index (χ0) is 19.2. The molecule has 0 spiro atoms. The Morgan fingerprint density at radius 2 is 1.37 bits per heavy atom. The first-order chi connectivity index (χ1) is 13.2. The summed E-state index contributed by atoms with van der Waals surface area (Å²) in [5.41, 5.74) is 2.17. The summed E-state index contributed by atoms with van der Waals surface area (Å²) in [7, 11) is 0. The third-order valence-electron chi connectivity index (χ3n) is 3.94.